The molecule has 3 heteroatoms. The smallest absolute Gasteiger partial charge is 0.238 e. The predicted molar refractivity (Wildman–Crippen MR) is 76.0 cm³/mol. The van der Waals surface area contributed by atoms with E-state index < -0.39 is 0 Å². The number of hydrogen-bond acceptors (Lipinski definition) is 2. The van der Waals surface area contributed by atoms with Gasteiger partial charge in [-0.15, -0.1) is 0 Å². The highest BCUT2D eigenvalue weighted by molar-refractivity contribution is 6.22. The molecular weight excluding hydrogens is 250 g/mol. The Morgan fingerprint density at radius 3 is 2.05 bits per heavy atom. The van der Waals surface area contributed by atoms with Crippen molar-refractivity contribution in [3.8, 4) is 0 Å². The predicted octanol–water partition coefficient (Wildman–Crippen LogP) is 2.56. The molecule has 2 aliphatic carbocycles. The molecule has 4 atom stereocenters. The van der Waals surface area contributed by atoms with Crippen LogP contribution in [0.4, 0.5) is 5.69 Å². The van der Waals surface area contributed by atoms with Gasteiger partial charge in [0, 0.05) is 0 Å². The summed E-state index contributed by atoms with van der Waals surface area (Å²) < 4.78 is 0. The summed E-state index contributed by atoms with van der Waals surface area (Å²) in [7, 11) is 0. The van der Waals surface area contributed by atoms with Gasteiger partial charge in [-0.2, -0.15) is 0 Å². The molecule has 0 unspecified atom stereocenters. The van der Waals surface area contributed by atoms with Crippen LogP contribution in [0.15, 0.2) is 36.4 Å². The standard InChI is InChI=1S/C17H17NO2/c1-2-10-3-7-13(8-4-10)18-16(19)14-11-5-6-12(9-11)15(14)17(18)20/h3-8,11-12,14-15H,2,9H2,1H3/t11-,12+,14-,15-/m0/s1. The molecule has 2 amide bonds. The van der Waals surface area contributed by atoms with Crippen molar-refractivity contribution in [2.75, 3.05) is 4.90 Å². The fourth-order valence-corrected chi connectivity index (χ4v) is 4.04. The van der Waals surface area contributed by atoms with Gasteiger partial charge < -0.3 is 0 Å². The molecule has 3 nitrogen and oxygen atoms in total. The lowest BCUT2D eigenvalue weighted by atomic mass is 9.85. The maximum Gasteiger partial charge on any atom is 0.238 e. The summed E-state index contributed by atoms with van der Waals surface area (Å²) in [5, 5.41) is 0. The van der Waals surface area contributed by atoms with E-state index >= 15 is 0 Å². The van der Waals surface area contributed by atoms with Gasteiger partial charge in [0.2, 0.25) is 11.8 Å². The molecule has 1 aromatic rings. The molecule has 1 heterocycles. The molecular formula is C17H17NO2. The van der Waals surface area contributed by atoms with Crippen LogP contribution in [0.3, 0.4) is 0 Å². The third-order valence-electron chi connectivity index (χ3n) is 5.07. The molecule has 20 heavy (non-hydrogen) atoms. The fraction of sp³-hybridized carbons (Fsp3) is 0.412. The second-order valence-corrected chi connectivity index (χ2v) is 6.03. The molecule has 0 N–H and O–H groups in total. The maximum atomic E-state index is 12.6. The number of amides is 2. The third-order valence-corrected chi connectivity index (χ3v) is 5.07. The van der Waals surface area contributed by atoms with E-state index in [-0.39, 0.29) is 35.5 Å². The van der Waals surface area contributed by atoms with Gasteiger partial charge in [-0.25, -0.2) is 0 Å². The minimum Gasteiger partial charge on any atom is -0.274 e. The Balaban J connectivity index is 1.70. The van der Waals surface area contributed by atoms with Crippen LogP contribution in [-0.2, 0) is 16.0 Å². The largest absolute Gasteiger partial charge is 0.274 e. The van der Waals surface area contributed by atoms with Gasteiger partial charge in [0.1, 0.15) is 0 Å². The van der Waals surface area contributed by atoms with Gasteiger partial charge in [-0.05, 0) is 42.4 Å². The van der Waals surface area contributed by atoms with Crippen LogP contribution < -0.4 is 4.90 Å². The molecule has 1 aromatic carbocycles. The SMILES string of the molecule is CCc1ccc(N2C(=O)[C@@H]3[C@@H](C2=O)[C@H]2C=C[C@@H]3C2)cc1. The number of aryl methyl sites for hydroxylation is 1. The first-order chi connectivity index (χ1) is 9.70. The van der Waals surface area contributed by atoms with Crippen molar-refractivity contribution in [3.05, 3.63) is 42.0 Å². The van der Waals surface area contributed by atoms with Crippen LogP contribution in [0.25, 0.3) is 0 Å². The average Bonchev–Trinajstić information content (AvgIpc) is 3.14. The zero-order chi connectivity index (χ0) is 13.9. The van der Waals surface area contributed by atoms with E-state index in [0.29, 0.717) is 0 Å². The molecule has 2 fully saturated rings. The van der Waals surface area contributed by atoms with Crippen molar-refractivity contribution < 1.29 is 9.59 Å². The number of carbonyl (C=O) groups excluding carboxylic acids is 2. The van der Waals surface area contributed by atoms with Gasteiger partial charge >= 0.3 is 0 Å². The summed E-state index contributed by atoms with van der Waals surface area (Å²) >= 11 is 0. The summed E-state index contributed by atoms with van der Waals surface area (Å²) in [6.45, 7) is 2.09. The Labute approximate surface area is 118 Å². The van der Waals surface area contributed by atoms with Crippen molar-refractivity contribution in [3.63, 3.8) is 0 Å². The molecule has 0 spiro atoms. The van der Waals surface area contributed by atoms with Crippen LogP contribution >= 0.6 is 0 Å². The molecule has 0 aromatic heterocycles. The normalized spacial score (nSPS) is 34.1. The molecule has 0 radical (unpaired) electrons. The van der Waals surface area contributed by atoms with Crippen molar-refractivity contribution in [2.45, 2.75) is 19.8 Å². The summed E-state index contributed by atoms with van der Waals surface area (Å²) in [6.07, 6.45) is 6.19. The van der Waals surface area contributed by atoms with E-state index in [1.807, 2.05) is 24.3 Å². The summed E-state index contributed by atoms with van der Waals surface area (Å²) in [5.74, 6) is 0.344. The second kappa shape index (κ2) is 4.05. The van der Waals surface area contributed by atoms with Gasteiger partial charge in [0.25, 0.3) is 0 Å². The summed E-state index contributed by atoms with van der Waals surface area (Å²) in [6, 6.07) is 7.78. The van der Waals surface area contributed by atoms with E-state index in [1.165, 1.54) is 10.5 Å². The first-order valence-corrected chi connectivity index (χ1v) is 7.35. The topological polar surface area (TPSA) is 37.4 Å². The Morgan fingerprint density at radius 2 is 1.55 bits per heavy atom. The molecule has 2 bridgehead atoms. The Hall–Kier alpha value is -1.90. The number of rotatable bonds is 2. The molecule has 102 valence electrons. The van der Waals surface area contributed by atoms with Gasteiger partial charge in [0.15, 0.2) is 0 Å². The van der Waals surface area contributed by atoms with E-state index in [1.54, 1.807) is 0 Å². The third kappa shape index (κ3) is 1.41. The molecule has 4 rings (SSSR count). The number of benzene rings is 1. The van der Waals surface area contributed by atoms with Crippen LogP contribution in [0.5, 0.6) is 0 Å². The molecule has 3 aliphatic rings. The van der Waals surface area contributed by atoms with Crippen molar-refractivity contribution >= 4 is 17.5 Å². The highest BCUT2D eigenvalue weighted by Gasteiger charge is 2.59. The lowest BCUT2D eigenvalue weighted by molar-refractivity contribution is -0.123. The fourth-order valence-electron chi connectivity index (χ4n) is 4.04. The van der Waals surface area contributed by atoms with Crippen molar-refractivity contribution in [2.24, 2.45) is 23.7 Å². The van der Waals surface area contributed by atoms with E-state index in [4.69, 9.17) is 0 Å². The Morgan fingerprint density at radius 1 is 1.00 bits per heavy atom. The van der Waals surface area contributed by atoms with Gasteiger partial charge in [-0.3, -0.25) is 14.5 Å². The maximum absolute atomic E-state index is 12.6. The summed E-state index contributed by atoms with van der Waals surface area (Å²) in [4.78, 5) is 26.6. The van der Waals surface area contributed by atoms with Gasteiger partial charge in [-0.1, -0.05) is 31.2 Å². The van der Waals surface area contributed by atoms with Crippen molar-refractivity contribution in [1.82, 2.24) is 0 Å². The number of fused-ring (bicyclic) bond motifs is 5. The Bertz CT molecular complexity index is 586. The lowest BCUT2D eigenvalue weighted by Crippen LogP contribution is -2.32. The number of hydrogen-bond donors (Lipinski definition) is 0. The first-order valence-electron chi connectivity index (χ1n) is 7.35. The molecule has 1 saturated heterocycles. The van der Waals surface area contributed by atoms with Crippen LogP contribution in [0, 0.1) is 23.7 Å². The minimum atomic E-state index is -0.108. The number of nitrogens with zero attached hydrogens (tertiary/aromatic N) is 1. The average molecular weight is 267 g/mol. The quantitative estimate of drug-likeness (QED) is 0.610. The highest BCUT2D eigenvalue weighted by Crippen LogP contribution is 2.53. The monoisotopic (exact) mass is 267 g/mol. The van der Waals surface area contributed by atoms with E-state index in [2.05, 4.69) is 19.1 Å². The number of anilines is 1. The number of carbonyl (C=O) groups is 2. The van der Waals surface area contributed by atoms with Crippen LogP contribution in [0.1, 0.15) is 18.9 Å². The zero-order valence-electron chi connectivity index (χ0n) is 11.5. The highest BCUT2D eigenvalue weighted by atomic mass is 16.2. The molecule has 1 aliphatic heterocycles. The molecule has 1 saturated carbocycles. The zero-order valence-corrected chi connectivity index (χ0v) is 11.5. The first kappa shape index (κ1) is 11.9. The second-order valence-electron chi connectivity index (χ2n) is 6.03. The Kier molecular flexibility index (Phi) is 2.40. The van der Waals surface area contributed by atoms with E-state index in [0.717, 1.165) is 18.5 Å². The number of allylic oxidation sites excluding steroid dienone is 2. The van der Waals surface area contributed by atoms with E-state index in [9.17, 15) is 9.59 Å². The lowest BCUT2D eigenvalue weighted by Gasteiger charge is -2.17. The van der Waals surface area contributed by atoms with Crippen LogP contribution in [0.2, 0.25) is 0 Å². The minimum absolute atomic E-state index is 0.00102. The van der Waals surface area contributed by atoms with Gasteiger partial charge in [0.05, 0.1) is 17.5 Å². The number of imide groups is 1. The summed E-state index contributed by atoms with van der Waals surface area (Å²) in [5.41, 5.74) is 1.95. The van der Waals surface area contributed by atoms with Crippen LogP contribution in [-0.4, -0.2) is 11.8 Å². The van der Waals surface area contributed by atoms with Crippen molar-refractivity contribution in [1.29, 1.82) is 0 Å².